The molecule has 76 valence electrons. The van der Waals surface area contributed by atoms with Crippen molar-refractivity contribution in [2.45, 2.75) is 12.8 Å². The number of rotatable bonds is 4. The van der Waals surface area contributed by atoms with Crippen molar-refractivity contribution in [3.05, 3.63) is 35.4 Å². The van der Waals surface area contributed by atoms with E-state index in [1.165, 1.54) is 7.11 Å². The Kier molecular flexibility index (Phi) is 4.13. The highest BCUT2D eigenvalue weighted by molar-refractivity contribution is 5.90. The van der Waals surface area contributed by atoms with E-state index in [4.69, 9.17) is 5.73 Å². The van der Waals surface area contributed by atoms with Crippen LogP contribution < -0.4 is 5.73 Å². The summed E-state index contributed by atoms with van der Waals surface area (Å²) in [6.07, 6.45) is 1.70. The van der Waals surface area contributed by atoms with E-state index in [2.05, 4.69) is 4.74 Å². The number of hydrogen-bond donors (Lipinski definition) is 1. The van der Waals surface area contributed by atoms with Crippen LogP contribution in [0.1, 0.15) is 22.3 Å². The number of esters is 1. The molecule has 1 aromatic rings. The fourth-order valence-electron chi connectivity index (χ4n) is 1.34. The summed E-state index contributed by atoms with van der Waals surface area (Å²) in [5, 5.41) is 0. The topological polar surface area (TPSA) is 52.3 Å². The van der Waals surface area contributed by atoms with E-state index in [0.29, 0.717) is 12.1 Å². The zero-order valence-corrected chi connectivity index (χ0v) is 8.32. The van der Waals surface area contributed by atoms with Crippen LogP contribution in [0.15, 0.2) is 24.3 Å². The molecule has 0 spiro atoms. The second-order valence-corrected chi connectivity index (χ2v) is 3.04. The summed E-state index contributed by atoms with van der Waals surface area (Å²) in [4.78, 5) is 11.3. The third-order valence-electron chi connectivity index (χ3n) is 2.07. The Bertz CT molecular complexity index is 310. The van der Waals surface area contributed by atoms with Gasteiger partial charge in [0.15, 0.2) is 0 Å². The molecule has 0 bridgehead atoms. The molecular formula is C11H15NO2. The van der Waals surface area contributed by atoms with Gasteiger partial charge in [0.25, 0.3) is 0 Å². The van der Waals surface area contributed by atoms with E-state index in [1.54, 1.807) is 6.07 Å². The molecule has 0 amide bonds. The zero-order chi connectivity index (χ0) is 10.4. The van der Waals surface area contributed by atoms with Crippen LogP contribution in [0.4, 0.5) is 0 Å². The van der Waals surface area contributed by atoms with Crippen LogP contribution >= 0.6 is 0 Å². The lowest BCUT2D eigenvalue weighted by Crippen LogP contribution is -2.07. The molecule has 0 unspecified atom stereocenters. The van der Waals surface area contributed by atoms with Gasteiger partial charge in [-0.25, -0.2) is 4.79 Å². The highest BCUT2D eigenvalue weighted by atomic mass is 16.5. The van der Waals surface area contributed by atoms with Gasteiger partial charge in [0.2, 0.25) is 0 Å². The number of benzene rings is 1. The van der Waals surface area contributed by atoms with E-state index < -0.39 is 0 Å². The first-order valence-corrected chi connectivity index (χ1v) is 4.66. The minimum Gasteiger partial charge on any atom is -0.465 e. The van der Waals surface area contributed by atoms with Crippen molar-refractivity contribution in [2.75, 3.05) is 13.7 Å². The van der Waals surface area contributed by atoms with Gasteiger partial charge in [-0.3, -0.25) is 0 Å². The monoisotopic (exact) mass is 193 g/mol. The van der Waals surface area contributed by atoms with Gasteiger partial charge in [-0.2, -0.15) is 0 Å². The molecule has 0 radical (unpaired) electrons. The van der Waals surface area contributed by atoms with Crippen LogP contribution in [0.2, 0.25) is 0 Å². The van der Waals surface area contributed by atoms with Crippen molar-refractivity contribution in [1.82, 2.24) is 0 Å². The predicted octanol–water partition coefficient (Wildman–Crippen LogP) is 1.36. The first-order chi connectivity index (χ1) is 6.79. The van der Waals surface area contributed by atoms with Gasteiger partial charge < -0.3 is 10.5 Å². The molecule has 0 aliphatic carbocycles. The number of carbonyl (C=O) groups is 1. The second kappa shape index (κ2) is 5.40. The number of aryl methyl sites for hydroxylation is 1. The average molecular weight is 193 g/mol. The highest BCUT2D eigenvalue weighted by Gasteiger charge is 2.09. The quantitative estimate of drug-likeness (QED) is 0.735. The van der Waals surface area contributed by atoms with E-state index in [0.717, 1.165) is 18.4 Å². The summed E-state index contributed by atoms with van der Waals surface area (Å²) in [5.74, 6) is -0.280. The maximum atomic E-state index is 11.3. The molecule has 14 heavy (non-hydrogen) atoms. The summed E-state index contributed by atoms with van der Waals surface area (Å²) in [6, 6.07) is 7.45. The molecule has 0 saturated carbocycles. The van der Waals surface area contributed by atoms with Crippen LogP contribution in [-0.4, -0.2) is 19.6 Å². The van der Waals surface area contributed by atoms with Gasteiger partial charge in [0.1, 0.15) is 0 Å². The molecule has 0 aromatic heterocycles. The Morgan fingerprint density at radius 2 is 2.14 bits per heavy atom. The molecule has 3 heteroatoms. The Balaban J connectivity index is 2.85. The molecule has 0 aliphatic heterocycles. The van der Waals surface area contributed by atoms with Gasteiger partial charge in [0.05, 0.1) is 12.7 Å². The number of hydrogen-bond acceptors (Lipinski definition) is 3. The van der Waals surface area contributed by atoms with Crippen molar-refractivity contribution in [2.24, 2.45) is 5.73 Å². The minimum atomic E-state index is -0.280. The molecular weight excluding hydrogens is 178 g/mol. The minimum absolute atomic E-state index is 0.280. The van der Waals surface area contributed by atoms with Gasteiger partial charge >= 0.3 is 5.97 Å². The highest BCUT2D eigenvalue weighted by Crippen LogP contribution is 2.11. The lowest BCUT2D eigenvalue weighted by atomic mass is 10.0. The van der Waals surface area contributed by atoms with E-state index in [1.807, 2.05) is 18.2 Å². The van der Waals surface area contributed by atoms with E-state index in [-0.39, 0.29) is 5.97 Å². The summed E-state index contributed by atoms with van der Waals surface area (Å²) >= 11 is 0. The third kappa shape index (κ3) is 2.57. The average Bonchev–Trinajstić information content (AvgIpc) is 2.25. The maximum Gasteiger partial charge on any atom is 0.338 e. The summed E-state index contributed by atoms with van der Waals surface area (Å²) < 4.78 is 4.69. The number of nitrogens with two attached hydrogens (primary N) is 1. The SMILES string of the molecule is COC(=O)c1ccccc1CCCN. The van der Waals surface area contributed by atoms with E-state index in [9.17, 15) is 4.79 Å². The third-order valence-corrected chi connectivity index (χ3v) is 2.07. The summed E-state index contributed by atoms with van der Waals surface area (Å²) in [5.41, 5.74) is 7.07. The molecule has 0 fully saturated rings. The van der Waals surface area contributed by atoms with E-state index >= 15 is 0 Å². The fraction of sp³-hybridized carbons (Fsp3) is 0.364. The lowest BCUT2D eigenvalue weighted by molar-refractivity contribution is 0.0599. The van der Waals surface area contributed by atoms with Crippen molar-refractivity contribution in [3.63, 3.8) is 0 Å². The normalized spacial score (nSPS) is 9.86. The van der Waals surface area contributed by atoms with Crippen LogP contribution in [0.3, 0.4) is 0 Å². The summed E-state index contributed by atoms with van der Waals surface area (Å²) in [6.45, 7) is 0.634. The maximum absolute atomic E-state index is 11.3. The molecule has 0 aliphatic rings. The number of ether oxygens (including phenoxy) is 1. The van der Waals surface area contributed by atoms with Crippen molar-refractivity contribution in [3.8, 4) is 0 Å². The fourth-order valence-corrected chi connectivity index (χ4v) is 1.34. The molecule has 0 saturated heterocycles. The van der Waals surface area contributed by atoms with Gasteiger partial charge in [-0.15, -0.1) is 0 Å². The Labute approximate surface area is 83.9 Å². The van der Waals surface area contributed by atoms with Crippen LogP contribution in [0.25, 0.3) is 0 Å². The van der Waals surface area contributed by atoms with Crippen molar-refractivity contribution in [1.29, 1.82) is 0 Å². The van der Waals surface area contributed by atoms with Gasteiger partial charge in [0, 0.05) is 0 Å². The van der Waals surface area contributed by atoms with Gasteiger partial charge in [-0.1, -0.05) is 18.2 Å². The van der Waals surface area contributed by atoms with Crippen molar-refractivity contribution >= 4 is 5.97 Å². The molecule has 0 heterocycles. The van der Waals surface area contributed by atoms with Crippen molar-refractivity contribution < 1.29 is 9.53 Å². The first-order valence-electron chi connectivity index (χ1n) is 4.66. The molecule has 0 atom stereocenters. The standard InChI is InChI=1S/C11H15NO2/c1-14-11(13)10-7-3-2-5-9(10)6-4-8-12/h2-3,5,7H,4,6,8,12H2,1H3. The molecule has 1 rings (SSSR count). The largest absolute Gasteiger partial charge is 0.465 e. The van der Waals surface area contributed by atoms with Gasteiger partial charge in [-0.05, 0) is 31.0 Å². The number of carbonyl (C=O) groups excluding carboxylic acids is 1. The zero-order valence-electron chi connectivity index (χ0n) is 8.32. The molecule has 3 nitrogen and oxygen atoms in total. The second-order valence-electron chi connectivity index (χ2n) is 3.04. The Morgan fingerprint density at radius 3 is 2.79 bits per heavy atom. The molecule has 2 N–H and O–H groups in total. The first kappa shape index (κ1) is 10.7. The summed E-state index contributed by atoms with van der Waals surface area (Å²) in [7, 11) is 1.39. The molecule has 1 aromatic carbocycles. The predicted molar refractivity (Wildman–Crippen MR) is 55.2 cm³/mol. The Morgan fingerprint density at radius 1 is 1.43 bits per heavy atom. The van der Waals surface area contributed by atoms with Crippen LogP contribution in [0.5, 0.6) is 0 Å². The van der Waals surface area contributed by atoms with Crippen LogP contribution in [0, 0.1) is 0 Å². The van der Waals surface area contributed by atoms with Crippen LogP contribution in [-0.2, 0) is 11.2 Å². The number of methoxy groups -OCH3 is 1. The smallest absolute Gasteiger partial charge is 0.338 e. The lowest BCUT2D eigenvalue weighted by Gasteiger charge is -2.06. The Hall–Kier alpha value is -1.35.